The molecule has 1 aromatic heterocycles. The second-order valence-electron chi connectivity index (χ2n) is 5.72. The molecule has 0 bridgehead atoms. The molecular weight excluding hydrogens is 306 g/mol. The summed E-state index contributed by atoms with van der Waals surface area (Å²) in [6.45, 7) is 4.60. The van der Waals surface area contributed by atoms with Gasteiger partial charge in [-0.05, 0) is 30.2 Å². The summed E-state index contributed by atoms with van der Waals surface area (Å²) in [7, 11) is 1.56. The number of hydrogen-bond donors (Lipinski definition) is 2. The van der Waals surface area contributed by atoms with Gasteiger partial charge in [-0.1, -0.05) is 19.9 Å². The molecular formula is C18H21N3O3. The molecule has 2 aromatic rings. The van der Waals surface area contributed by atoms with E-state index in [4.69, 9.17) is 4.74 Å². The van der Waals surface area contributed by atoms with E-state index < -0.39 is 0 Å². The number of carbonyl (C=O) groups excluding carboxylic acids is 2. The Hall–Kier alpha value is -2.89. The van der Waals surface area contributed by atoms with Crippen LogP contribution in [0.25, 0.3) is 0 Å². The third kappa shape index (κ3) is 4.81. The fourth-order valence-corrected chi connectivity index (χ4v) is 1.99. The van der Waals surface area contributed by atoms with Crippen LogP contribution in [0.2, 0.25) is 0 Å². The Morgan fingerprint density at radius 1 is 1.17 bits per heavy atom. The number of pyridine rings is 1. The van der Waals surface area contributed by atoms with Crippen molar-refractivity contribution in [2.45, 2.75) is 13.8 Å². The maximum atomic E-state index is 12.3. The number of hydrogen-bond acceptors (Lipinski definition) is 4. The highest BCUT2D eigenvalue weighted by Crippen LogP contribution is 2.17. The molecule has 1 aromatic carbocycles. The molecule has 0 aliphatic rings. The van der Waals surface area contributed by atoms with Crippen LogP contribution >= 0.6 is 0 Å². The Morgan fingerprint density at radius 2 is 1.96 bits per heavy atom. The molecule has 2 rings (SSSR count). The number of aromatic nitrogens is 1. The van der Waals surface area contributed by atoms with Crippen molar-refractivity contribution in [3.63, 3.8) is 0 Å². The molecule has 0 saturated carbocycles. The third-order valence-corrected chi connectivity index (χ3v) is 3.25. The molecule has 0 aliphatic heterocycles. The van der Waals surface area contributed by atoms with Crippen LogP contribution in [0.4, 0.5) is 5.69 Å². The van der Waals surface area contributed by atoms with E-state index in [1.54, 1.807) is 37.4 Å². The molecule has 1 heterocycles. The van der Waals surface area contributed by atoms with Gasteiger partial charge in [0, 0.05) is 30.1 Å². The molecule has 0 atom stereocenters. The van der Waals surface area contributed by atoms with Crippen LogP contribution in [0.5, 0.6) is 5.75 Å². The van der Waals surface area contributed by atoms with Crippen LogP contribution in [0.15, 0.2) is 42.6 Å². The SMILES string of the molecule is COc1cccc(NC(=O)c2cc(C(=O)NCC(C)C)ccn2)c1. The van der Waals surface area contributed by atoms with Gasteiger partial charge in [0.25, 0.3) is 11.8 Å². The standard InChI is InChI=1S/C18H21N3O3/c1-12(2)11-20-17(22)13-7-8-19-16(9-13)18(23)21-14-5-4-6-15(10-14)24-3/h4-10,12H,11H2,1-3H3,(H,20,22)(H,21,23). The van der Waals surface area contributed by atoms with E-state index >= 15 is 0 Å². The van der Waals surface area contributed by atoms with Crippen molar-refractivity contribution in [1.29, 1.82) is 0 Å². The molecule has 126 valence electrons. The number of benzene rings is 1. The molecule has 0 spiro atoms. The average Bonchev–Trinajstić information content (AvgIpc) is 2.59. The predicted molar refractivity (Wildman–Crippen MR) is 92.4 cm³/mol. The summed E-state index contributed by atoms with van der Waals surface area (Å²) in [6.07, 6.45) is 1.45. The van der Waals surface area contributed by atoms with Gasteiger partial charge in [0.2, 0.25) is 0 Å². The third-order valence-electron chi connectivity index (χ3n) is 3.25. The van der Waals surface area contributed by atoms with Gasteiger partial charge in [0.15, 0.2) is 0 Å². The lowest BCUT2D eigenvalue weighted by Gasteiger charge is -2.09. The van der Waals surface area contributed by atoms with Crippen molar-refractivity contribution in [2.24, 2.45) is 5.92 Å². The van der Waals surface area contributed by atoms with Gasteiger partial charge in [-0.15, -0.1) is 0 Å². The van der Waals surface area contributed by atoms with E-state index in [2.05, 4.69) is 15.6 Å². The zero-order valence-electron chi connectivity index (χ0n) is 14.0. The van der Waals surface area contributed by atoms with Crippen molar-refractivity contribution < 1.29 is 14.3 Å². The highest BCUT2D eigenvalue weighted by molar-refractivity contribution is 6.04. The van der Waals surface area contributed by atoms with Gasteiger partial charge in [0.1, 0.15) is 11.4 Å². The molecule has 2 N–H and O–H groups in total. The Kier molecular flexibility index (Phi) is 5.89. The minimum absolute atomic E-state index is 0.176. The maximum absolute atomic E-state index is 12.3. The van der Waals surface area contributed by atoms with E-state index in [-0.39, 0.29) is 17.5 Å². The first-order valence-corrected chi connectivity index (χ1v) is 7.69. The van der Waals surface area contributed by atoms with E-state index in [1.165, 1.54) is 12.3 Å². The lowest BCUT2D eigenvalue weighted by Crippen LogP contribution is -2.27. The number of nitrogens with one attached hydrogen (secondary N) is 2. The fourth-order valence-electron chi connectivity index (χ4n) is 1.99. The molecule has 0 saturated heterocycles. The summed E-state index contributed by atoms with van der Waals surface area (Å²) in [5.41, 5.74) is 1.17. The maximum Gasteiger partial charge on any atom is 0.274 e. The molecule has 0 aliphatic carbocycles. The van der Waals surface area contributed by atoms with E-state index in [9.17, 15) is 9.59 Å². The largest absolute Gasteiger partial charge is 0.497 e. The molecule has 0 unspecified atom stereocenters. The Morgan fingerprint density at radius 3 is 2.67 bits per heavy atom. The van der Waals surface area contributed by atoms with Gasteiger partial charge in [-0.3, -0.25) is 14.6 Å². The van der Waals surface area contributed by atoms with Crippen LogP contribution in [-0.4, -0.2) is 30.5 Å². The summed E-state index contributed by atoms with van der Waals surface area (Å²) in [4.78, 5) is 28.4. The zero-order valence-corrected chi connectivity index (χ0v) is 14.0. The van der Waals surface area contributed by atoms with Crippen molar-refractivity contribution in [1.82, 2.24) is 10.3 Å². The Balaban J connectivity index is 2.09. The molecule has 2 amide bonds. The highest BCUT2D eigenvalue weighted by atomic mass is 16.5. The van der Waals surface area contributed by atoms with E-state index in [1.807, 2.05) is 13.8 Å². The number of methoxy groups -OCH3 is 1. The van der Waals surface area contributed by atoms with Crippen LogP contribution < -0.4 is 15.4 Å². The van der Waals surface area contributed by atoms with Crippen LogP contribution in [0, 0.1) is 5.92 Å². The lowest BCUT2D eigenvalue weighted by molar-refractivity contribution is 0.0949. The number of nitrogens with zero attached hydrogens (tertiary/aromatic N) is 1. The first-order chi connectivity index (χ1) is 11.5. The minimum atomic E-state index is -0.387. The normalized spacial score (nSPS) is 10.3. The van der Waals surface area contributed by atoms with E-state index in [0.29, 0.717) is 29.5 Å². The van der Waals surface area contributed by atoms with Crippen LogP contribution in [-0.2, 0) is 0 Å². The fraction of sp³-hybridized carbons (Fsp3) is 0.278. The average molecular weight is 327 g/mol. The van der Waals surface area contributed by atoms with Gasteiger partial charge < -0.3 is 15.4 Å². The number of anilines is 1. The van der Waals surface area contributed by atoms with Gasteiger partial charge in [-0.25, -0.2) is 0 Å². The zero-order chi connectivity index (χ0) is 17.5. The van der Waals surface area contributed by atoms with Crippen LogP contribution in [0.1, 0.15) is 34.7 Å². The topological polar surface area (TPSA) is 80.3 Å². The summed E-state index contributed by atoms with van der Waals surface area (Å²) >= 11 is 0. The lowest BCUT2D eigenvalue weighted by atomic mass is 10.2. The molecule has 6 nitrogen and oxygen atoms in total. The number of rotatable bonds is 6. The second-order valence-corrected chi connectivity index (χ2v) is 5.72. The smallest absolute Gasteiger partial charge is 0.274 e. The Bertz CT molecular complexity index is 729. The summed E-state index contributed by atoms with van der Waals surface area (Å²) in [5.74, 6) is 0.387. The first kappa shape index (κ1) is 17.5. The van der Waals surface area contributed by atoms with Crippen molar-refractivity contribution >= 4 is 17.5 Å². The number of ether oxygens (including phenoxy) is 1. The number of amides is 2. The van der Waals surface area contributed by atoms with Gasteiger partial charge in [-0.2, -0.15) is 0 Å². The van der Waals surface area contributed by atoms with Gasteiger partial charge in [0.05, 0.1) is 7.11 Å². The highest BCUT2D eigenvalue weighted by Gasteiger charge is 2.12. The monoisotopic (exact) mass is 327 g/mol. The molecule has 0 radical (unpaired) electrons. The molecule has 6 heteroatoms. The van der Waals surface area contributed by atoms with Crippen molar-refractivity contribution in [2.75, 3.05) is 19.0 Å². The molecule has 0 fully saturated rings. The summed E-state index contributed by atoms with van der Waals surface area (Å²) < 4.78 is 5.12. The quantitative estimate of drug-likeness (QED) is 0.855. The van der Waals surface area contributed by atoms with Crippen molar-refractivity contribution in [3.8, 4) is 5.75 Å². The van der Waals surface area contributed by atoms with Gasteiger partial charge >= 0.3 is 0 Å². The Labute approximate surface area is 141 Å². The van der Waals surface area contributed by atoms with Crippen LogP contribution in [0.3, 0.4) is 0 Å². The van der Waals surface area contributed by atoms with E-state index in [0.717, 1.165) is 0 Å². The molecule has 24 heavy (non-hydrogen) atoms. The minimum Gasteiger partial charge on any atom is -0.497 e. The second kappa shape index (κ2) is 8.10. The summed E-state index contributed by atoms with van der Waals surface area (Å²) in [6, 6.07) is 10.1. The predicted octanol–water partition coefficient (Wildman–Crippen LogP) is 2.73. The summed E-state index contributed by atoms with van der Waals surface area (Å²) in [5, 5.41) is 5.55. The van der Waals surface area contributed by atoms with Crippen molar-refractivity contribution in [3.05, 3.63) is 53.9 Å². The first-order valence-electron chi connectivity index (χ1n) is 7.69. The number of carbonyl (C=O) groups is 2.